The molecule has 0 aliphatic heterocycles. The summed E-state index contributed by atoms with van der Waals surface area (Å²) in [7, 11) is 0. The third kappa shape index (κ3) is 6.07. The Morgan fingerprint density at radius 1 is 0.818 bits per heavy atom. The molecule has 0 aromatic heterocycles. The van der Waals surface area contributed by atoms with Crippen LogP contribution in [0.2, 0.25) is 0 Å². The molecule has 2 fully saturated rings. The van der Waals surface area contributed by atoms with Gasteiger partial charge < -0.3 is 4.74 Å². The Balaban J connectivity index is 1.57. The lowest BCUT2D eigenvalue weighted by atomic mass is 9.70. The lowest BCUT2D eigenvalue weighted by Crippen LogP contribution is -2.28. The van der Waals surface area contributed by atoms with E-state index in [2.05, 4.69) is 26.0 Å². The first kappa shape index (κ1) is 18.0. The van der Waals surface area contributed by atoms with Gasteiger partial charge in [-0.15, -0.1) is 0 Å². The molecule has 22 heavy (non-hydrogen) atoms. The summed E-state index contributed by atoms with van der Waals surface area (Å²) < 4.78 is 6.11. The Bertz CT molecular complexity index is 293. The Morgan fingerprint density at radius 3 is 2.05 bits per heavy atom. The fraction of sp³-hybridized carbons (Fsp3) is 0.905. The minimum atomic E-state index is 0.581. The van der Waals surface area contributed by atoms with Crippen molar-refractivity contribution in [3.63, 3.8) is 0 Å². The van der Waals surface area contributed by atoms with Gasteiger partial charge in [0.05, 0.1) is 6.10 Å². The number of allylic oxidation sites excluding steroid dienone is 2. The molecule has 0 heterocycles. The zero-order valence-electron chi connectivity index (χ0n) is 15.1. The van der Waals surface area contributed by atoms with Crippen molar-refractivity contribution in [2.24, 2.45) is 17.8 Å². The molecule has 2 saturated carbocycles. The first-order chi connectivity index (χ1) is 10.8. The van der Waals surface area contributed by atoms with Crippen LogP contribution in [0.1, 0.15) is 90.9 Å². The van der Waals surface area contributed by atoms with Gasteiger partial charge in [0.1, 0.15) is 0 Å². The molecule has 0 atom stereocenters. The normalized spacial score (nSPS) is 33.4. The predicted molar refractivity (Wildman–Crippen MR) is 96.1 cm³/mol. The van der Waals surface area contributed by atoms with Crippen LogP contribution in [0.15, 0.2) is 12.2 Å². The van der Waals surface area contributed by atoms with E-state index in [9.17, 15) is 0 Å². The highest BCUT2D eigenvalue weighted by atomic mass is 16.5. The van der Waals surface area contributed by atoms with Gasteiger partial charge in [0.25, 0.3) is 0 Å². The van der Waals surface area contributed by atoms with Crippen molar-refractivity contribution in [1.29, 1.82) is 0 Å². The van der Waals surface area contributed by atoms with Gasteiger partial charge in [0.2, 0.25) is 0 Å². The van der Waals surface area contributed by atoms with Gasteiger partial charge in [0.15, 0.2) is 0 Å². The molecule has 1 nitrogen and oxygen atoms in total. The van der Waals surface area contributed by atoms with E-state index in [1.54, 1.807) is 0 Å². The monoisotopic (exact) mass is 306 g/mol. The van der Waals surface area contributed by atoms with Gasteiger partial charge in [-0.25, -0.2) is 0 Å². The molecular formula is C21H38O. The highest BCUT2D eigenvalue weighted by Gasteiger charge is 2.30. The Labute approximate surface area is 138 Å². The maximum atomic E-state index is 6.11. The molecule has 0 aromatic carbocycles. The van der Waals surface area contributed by atoms with Crippen molar-refractivity contribution in [3.8, 4) is 0 Å². The standard InChI is InChI=1S/C21H38O/c1-3-5-6-7-17-22-21-15-13-20(14-16-21)19-11-9-18(8-4-2)10-12-19/h4,8,18-21H,3,5-7,9-17H2,1-2H3/b8-4+. The average Bonchev–Trinajstić information content (AvgIpc) is 2.56. The van der Waals surface area contributed by atoms with Crippen LogP contribution in [0.3, 0.4) is 0 Å². The first-order valence-corrected chi connectivity index (χ1v) is 10.1. The molecule has 0 unspecified atom stereocenters. The summed E-state index contributed by atoms with van der Waals surface area (Å²) in [6.07, 6.45) is 21.9. The highest BCUT2D eigenvalue weighted by molar-refractivity contribution is 4.90. The number of hydrogen-bond donors (Lipinski definition) is 0. The van der Waals surface area contributed by atoms with Crippen LogP contribution in [-0.4, -0.2) is 12.7 Å². The van der Waals surface area contributed by atoms with E-state index in [-0.39, 0.29) is 0 Å². The van der Waals surface area contributed by atoms with Gasteiger partial charge in [-0.05, 0) is 82.5 Å². The molecule has 0 bridgehead atoms. The van der Waals surface area contributed by atoms with Crippen molar-refractivity contribution < 1.29 is 4.74 Å². The maximum Gasteiger partial charge on any atom is 0.0575 e. The minimum absolute atomic E-state index is 0.581. The van der Waals surface area contributed by atoms with E-state index < -0.39 is 0 Å². The highest BCUT2D eigenvalue weighted by Crippen LogP contribution is 2.40. The summed E-state index contributed by atoms with van der Waals surface area (Å²) in [5.74, 6) is 2.91. The van der Waals surface area contributed by atoms with Crippen molar-refractivity contribution in [2.45, 2.75) is 97.0 Å². The molecule has 0 radical (unpaired) electrons. The number of ether oxygens (including phenoxy) is 1. The fourth-order valence-electron chi connectivity index (χ4n) is 4.59. The molecule has 0 amide bonds. The number of hydrogen-bond acceptors (Lipinski definition) is 1. The molecule has 0 spiro atoms. The van der Waals surface area contributed by atoms with E-state index >= 15 is 0 Å². The van der Waals surface area contributed by atoms with E-state index in [4.69, 9.17) is 4.74 Å². The van der Waals surface area contributed by atoms with Crippen molar-refractivity contribution in [2.75, 3.05) is 6.61 Å². The molecule has 1 heteroatoms. The topological polar surface area (TPSA) is 9.23 Å². The van der Waals surface area contributed by atoms with Gasteiger partial charge in [0, 0.05) is 6.61 Å². The second kappa shape index (κ2) is 10.5. The molecular weight excluding hydrogens is 268 g/mol. The van der Waals surface area contributed by atoms with Crippen molar-refractivity contribution in [3.05, 3.63) is 12.2 Å². The zero-order valence-corrected chi connectivity index (χ0v) is 15.1. The van der Waals surface area contributed by atoms with Crippen LogP contribution in [0.25, 0.3) is 0 Å². The molecule has 128 valence electrons. The third-order valence-electron chi connectivity index (χ3n) is 6.02. The minimum Gasteiger partial charge on any atom is -0.378 e. The molecule has 0 aromatic rings. The van der Waals surface area contributed by atoms with Crippen LogP contribution in [0, 0.1) is 17.8 Å². The van der Waals surface area contributed by atoms with E-state index in [1.165, 1.54) is 77.0 Å². The Hall–Kier alpha value is -0.300. The smallest absolute Gasteiger partial charge is 0.0575 e. The Kier molecular flexibility index (Phi) is 8.59. The van der Waals surface area contributed by atoms with E-state index in [0.29, 0.717) is 6.10 Å². The molecule has 2 aliphatic carbocycles. The fourth-order valence-corrected chi connectivity index (χ4v) is 4.59. The summed E-state index contributed by atoms with van der Waals surface area (Å²) in [5, 5.41) is 0. The lowest BCUT2D eigenvalue weighted by Gasteiger charge is -2.37. The van der Waals surface area contributed by atoms with Gasteiger partial charge in [-0.3, -0.25) is 0 Å². The second-order valence-electron chi connectivity index (χ2n) is 7.67. The average molecular weight is 307 g/mol. The van der Waals surface area contributed by atoms with Crippen LogP contribution < -0.4 is 0 Å². The summed E-state index contributed by atoms with van der Waals surface area (Å²) in [6.45, 7) is 5.44. The van der Waals surface area contributed by atoms with Crippen molar-refractivity contribution >= 4 is 0 Å². The second-order valence-corrected chi connectivity index (χ2v) is 7.67. The van der Waals surface area contributed by atoms with Gasteiger partial charge in [-0.2, -0.15) is 0 Å². The van der Waals surface area contributed by atoms with Crippen LogP contribution in [0.4, 0.5) is 0 Å². The quantitative estimate of drug-likeness (QED) is 0.366. The molecule has 2 rings (SSSR count). The molecule has 2 aliphatic rings. The Morgan fingerprint density at radius 2 is 1.45 bits per heavy atom. The molecule has 0 N–H and O–H groups in total. The number of unbranched alkanes of at least 4 members (excludes halogenated alkanes) is 3. The van der Waals surface area contributed by atoms with E-state index in [1.807, 2.05) is 0 Å². The maximum absolute atomic E-state index is 6.11. The molecule has 0 saturated heterocycles. The number of rotatable bonds is 8. The third-order valence-corrected chi connectivity index (χ3v) is 6.02. The summed E-state index contributed by atoms with van der Waals surface area (Å²) >= 11 is 0. The first-order valence-electron chi connectivity index (χ1n) is 10.1. The summed E-state index contributed by atoms with van der Waals surface area (Å²) in [4.78, 5) is 0. The predicted octanol–water partition coefficient (Wildman–Crippen LogP) is 6.52. The zero-order chi connectivity index (χ0) is 15.6. The van der Waals surface area contributed by atoms with Gasteiger partial charge >= 0.3 is 0 Å². The van der Waals surface area contributed by atoms with Crippen LogP contribution in [0.5, 0.6) is 0 Å². The summed E-state index contributed by atoms with van der Waals surface area (Å²) in [5.41, 5.74) is 0. The van der Waals surface area contributed by atoms with Gasteiger partial charge in [-0.1, -0.05) is 38.3 Å². The largest absolute Gasteiger partial charge is 0.378 e. The lowest BCUT2D eigenvalue weighted by molar-refractivity contribution is 0.00597. The van der Waals surface area contributed by atoms with Crippen LogP contribution >= 0.6 is 0 Å². The SMILES string of the molecule is C/C=C/C1CCC(C2CCC(OCCCCCC)CC2)CC1. The summed E-state index contributed by atoms with van der Waals surface area (Å²) in [6, 6.07) is 0. The van der Waals surface area contributed by atoms with Crippen LogP contribution in [-0.2, 0) is 4.74 Å². The van der Waals surface area contributed by atoms with Crippen molar-refractivity contribution in [1.82, 2.24) is 0 Å². The van der Waals surface area contributed by atoms with E-state index in [0.717, 1.165) is 24.4 Å².